The van der Waals surface area contributed by atoms with E-state index in [1.54, 1.807) is 19.1 Å². The zero-order valence-corrected chi connectivity index (χ0v) is 12.8. The molecule has 1 aromatic carbocycles. The van der Waals surface area contributed by atoms with Crippen LogP contribution in [0.25, 0.3) is 10.9 Å². The van der Waals surface area contributed by atoms with E-state index in [0.717, 1.165) is 0 Å². The normalized spacial score (nSPS) is 10.5. The molecule has 1 aromatic heterocycles. The Morgan fingerprint density at radius 2 is 2.09 bits per heavy atom. The lowest BCUT2D eigenvalue weighted by Gasteiger charge is -2.08. The van der Waals surface area contributed by atoms with Crippen LogP contribution in [0.3, 0.4) is 0 Å². The molecule has 0 amide bonds. The number of nitrogens with one attached hydrogen (secondary N) is 1. The Kier molecular flexibility index (Phi) is 4.82. The van der Waals surface area contributed by atoms with Crippen molar-refractivity contribution >= 4 is 40.7 Å². The molecule has 2 aromatic rings. The van der Waals surface area contributed by atoms with E-state index in [1.165, 1.54) is 7.11 Å². The van der Waals surface area contributed by atoms with Gasteiger partial charge in [0, 0.05) is 15.9 Å². The molecule has 0 aliphatic rings. The van der Waals surface area contributed by atoms with Gasteiger partial charge in [-0.05, 0) is 24.6 Å². The number of ether oxygens (including phenoxy) is 2. The van der Waals surface area contributed by atoms with Crippen molar-refractivity contribution in [2.75, 3.05) is 13.7 Å². The fourth-order valence-electron chi connectivity index (χ4n) is 2.29. The van der Waals surface area contributed by atoms with Crippen molar-refractivity contribution in [1.82, 2.24) is 4.98 Å². The molecule has 0 atom stereocenters. The highest BCUT2D eigenvalue weighted by molar-refractivity contribution is 6.33. The van der Waals surface area contributed by atoms with Crippen molar-refractivity contribution in [3.05, 3.63) is 34.0 Å². The summed E-state index contributed by atoms with van der Waals surface area (Å²) in [5.41, 5.74) is 1.08. The van der Waals surface area contributed by atoms with Crippen LogP contribution < -0.4 is 0 Å². The maximum absolute atomic E-state index is 12.0. The number of rotatable bonds is 5. The van der Waals surface area contributed by atoms with E-state index < -0.39 is 11.9 Å². The van der Waals surface area contributed by atoms with Gasteiger partial charge in [0.25, 0.3) is 0 Å². The van der Waals surface area contributed by atoms with E-state index in [0.29, 0.717) is 27.8 Å². The van der Waals surface area contributed by atoms with Crippen LogP contribution in [0.5, 0.6) is 0 Å². The lowest BCUT2D eigenvalue weighted by Crippen LogP contribution is -2.10. The van der Waals surface area contributed by atoms with Crippen molar-refractivity contribution in [2.24, 2.45) is 0 Å². The molecular formula is C15H14ClNO5. The molecule has 0 saturated heterocycles. The molecule has 0 aliphatic heterocycles. The van der Waals surface area contributed by atoms with E-state index in [4.69, 9.17) is 21.1 Å². The number of fused-ring (bicyclic) bond motifs is 1. The first kappa shape index (κ1) is 16.0. The highest BCUT2D eigenvalue weighted by Crippen LogP contribution is 2.31. The second kappa shape index (κ2) is 6.62. The van der Waals surface area contributed by atoms with Gasteiger partial charge in [-0.2, -0.15) is 0 Å². The Bertz CT molecular complexity index is 750. The Labute approximate surface area is 131 Å². The van der Waals surface area contributed by atoms with Crippen molar-refractivity contribution in [3.8, 4) is 0 Å². The summed E-state index contributed by atoms with van der Waals surface area (Å²) in [6, 6.07) is 3.22. The summed E-state index contributed by atoms with van der Waals surface area (Å²) in [6.45, 7) is 1.93. The molecule has 7 heteroatoms. The Hall–Kier alpha value is -2.34. The molecule has 0 fully saturated rings. The maximum atomic E-state index is 12.0. The van der Waals surface area contributed by atoms with Gasteiger partial charge in [-0.15, -0.1) is 0 Å². The summed E-state index contributed by atoms with van der Waals surface area (Å²) in [4.78, 5) is 37.7. The van der Waals surface area contributed by atoms with Gasteiger partial charge in [0.05, 0.1) is 31.4 Å². The number of aromatic amines is 1. The van der Waals surface area contributed by atoms with Crippen LogP contribution in [0.4, 0.5) is 0 Å². The summed E-state index contributed by atoms with van der Waals surface area (Å²) in [5.74, 6) is -1.15. The third-order valence-electron chi connectivity index (χ3n) is 3.18. The first-order valence-corrected chi connectivity index (χ1v) is 6.93. The summed E-state index contributed by atoms with van der Waals surface area (Å²) < 4.78 is 9.63. The molecule has 6 nitrogen and oxygen atoms in total. The molecule has 0 aliphatic carbocycles. The zero-order chi connectivity index (χ0) is 16.3. The first-order chi connectivity index (χ1) is 10.5. The molecule has 22 heavy (non-hydrogen) atoms. The molecule has 0 saturated carbocycles. The van der Waals surface area contributed by atoms with Crippen LogP contribution in [0.1, 0.15) is 33.3 Å². The molecular weight excluding hydrogens is 310 g/mol. The molecule has 0 radical (unpaired) electrons. The number of carbonyl (C=O) groups excluding carboxylic acids is 3. The van der Waals surface area contributed by atoms with Crippen molar-refractivity contribution < 1.29 is 23.9 Å². The number of halogens is 1. The van der Waals surface area contributed by atoms with Crippen LogP contribution >= 0.6 is 11.6 Å². The lowest BCUT2D eigenvalue weighted by atomic mass is 10.0. The number of benzene rings is 1. The minimum Gasteiger partial charge on any atom is -0.466 e. The molecule has 1 heterocycles. The number of H-pyrrole nitrogens is 1. The Morgan fingerprint density at radius 3 is 2.68 bits per heavy atom. The summed E-state index contributed by atoms with van der Waals surface area (Å²) in [5, 5.41) is 0.705. The van der Waals surface area contributed by atoms with E-state index in [-0.39, 0.29) is 24.3 Å². The smallest absolute Gasteiger partial charge is 0.340 e. The maximum Gasteiger partial charge on any atom is 0.340 e. The fourth-order valence-corrected chi connectivity index (χ4v) is 2.51. The number of carbonyl (C=O) groups is 3. The van der Waals surface area contributed by atoms with Crippen LogP contribution in [-0.4, -0.2) is 36.9 Å². The van der Waals surface area contributed by atoms with Gasteiger partial charge in [0.1, 0.15) is 0 Å². The second-order valence-corrected chi connectivity index (χ2v) is 4.86. The number of esters is 2. The molecule has 1 N–H and O–H groups in total. The van der Waals surface area contributed by atoms with E-state index in [9.17, 15) is 14.4 Å². The zero-order valence-electron chi connectivity index (χ0n) is 12.1. The third-order valence-corrected chi connectivity index (χ3v) is 3.53. The van der Waals surface area contributed by atoms with Gasteiger partial charge in [-0.1, -0.05) is 11.6 Å². The van der Waals surface area contributed by atoms with E-state index in [2.05, 4.69) is 4.98 Å². The van der Waals surface area contributed by atoms with Gasteiger partial charge in [-0.3, -0.25) is 9.59 Å². The fraction of sp³-hybridized carbons (Fsp3) is 0.267. The standard InChI is InChI=1S/C15H14ClNO5/c1-3-22-12(19)6-8-9(16)4-5-10-13(8)14(15(20)21-2)11(7-18)17-10/h4-5,7,17H,3,6H2,1-2H3. The molecule has 0 spiro atoms. The van der Waals surface area contributed by atoms with E-state index in [1.807, 2.05) is 0 Å². The molecule has 116 valence electrons. The SMILES string of the molecule is CCOC(=O)Cc1c(Cl)ccc2[nH]c(C=O)c(C(=O)OC)c12. The highest BCUT2D eigenvalue weighted by atomic mass is 35.5. The van der Waals surface area contributed by atoms with Gasteiger partial charge in [-0.25, -0.2) is 4.79 Å². The predicted octanol–water partition coefficient (Wildman–Crippen LogP) is 2.53. The average molecular weight is 324 g/mol. The molecule has 0 bridgehead atoms. The predicted molar refractivity (Wildman–Crippen MR) is 80.4 cm³/mol. The number of methoxy groups -OCH3 is 1. The Morgan fingerprint density at radius 1 is 1.36 bits per heavy atom. The lowest BCUT2D eigenvalue weighted by molar-refractivity contribution is -0.142. The van der Waals surface area contributed by atoms with Crippen LogP contribution in [0, 0.1) is 0 Å². The van der Waals surface area contributed by atoms with Crippen molar-refractivity contribution in [2.45, 2.75) is 13.3 Å². The van der Waals surface area contributed by atoms with Crippen molar-refractivity contribution in [3.63, 3.8) is 0 Å². The first-order valence-electron chi connectivity index (χ1n) is 6.55. The third kappa shape index (κ3) is 2.82. The van der Waals surface area contributed by atoms with Gasteiger partial charge in [0.2, 0.25) is 0 Å². The monoisotopic (exact) mass is 323 g/mol. The summed E-state index contributed by atoms with van der Waals surface area (Å²) in [6.07, 6.45) is 0.415. The topological polar surface area (TPSA) is 85.5 Å². The molecule has 2 rings (SSSR count). The Balaban J connectivity index is 2.70. The number of hydrogen-bond donors (Lipinski definition) is 1. The van der Waals surface area contributed by atoms with Crippen LogP contribution in [0.2, 0.25) is 5.02 Å². The van der Waals surface area contributed by atoms with Crippen LogP contribution in [-0.2, 0) is 20.7 Å². The van der Waals surface area contributed by atoms with E-state index >= 15 is 0 Å². The largest absolute Gasteiger partial charge is 0.466 e. The van der Waals surface area contributed by atoms with Crippen molar-refractivity contribution in [1.29, 1.82) is 0 Å². The minimum atomic E-state index is -0.680. The number of hydrogen-bond acceptors (Lipinski definition) is 5. The summed E-state index contributed by atoms with van der Waals surface area (Å²) in [7, 11) is 1.21. The van der Waals surface area contributed by atoms with Gasteiger partial charge < -0.3 is 14.5 Å². The summed E-state index contributed by atoms with van der Waals surface area (Å²) >= 11 is 6.16. The van der Waals surface area contributed by atoms with Gasteiger partial charge >= 0.3 is 11.9 Å². The molecule has 0 unspecified atom stereocenters. The van der Waals surface area contributed by atoms with Gasteiger partial charge in [0.15, 0.2) is 6.29 Å². The highest BCUT2D eigenvalue weighted by Gasteiger charge is 2.24. The quantitative estimate of drug-likeness (QED) is 0.675. The number of aromatic nitrogens is 1. The number of aldehydes is 1. The average Bonchev–Trinajstić information content (AvgIpc) is 2.88. The minimum absolute atomic E-state index is 0.0642. The second-order valence-electron chi connectivity index (χ2n) is 4.45. The van der Waals surface area contributed by atoms with Crippen LogP contribution in [0.15, 0.2) is 12.1 Å².